The Morgan fingerprint density at radius 3 is 1.74 bits per heavy atom. The molecule has 6 saturated carbocycles. The molecule has 0 aromatic rings. The summed E-state index contributed by atoms with van der Waals surface area (Å²) in [6.07, 6.45) is 1.90. The smallest absolute Gasteiger partial charge is 0.143 e. The van der Waals surface area contributed by atoms with Crippen molar-refractivity contribution in [2.24, 2.45) is 47.3 Å². The van der Waals surface area contributed by atoms with Crippen LogP contribution in [0.15, 0.2) is 11.1 Å². The summed E-state index contributed by atoms with van der Waals surface area (Å²) in [4.78, 5) is 36.6. The highest BCUT2D eigenvalue weighted by Gasteiger charge is 2.81. The van der Waals surface area contributed by atoms with Crippen molar-refractivity contribution in [3.05, 3.63) is 11.1 Å². The number of rotatable bonds is 0. The van der Waals surface area contributed by atoms with Crippen molar-refractivity contribution in [3.63, 3.8) is 0 Å². The maximum atomic E-state index is 12.7. The predicted molar refractivity (Wildman–Crippen MR) is 63.8 cm³/mol. The highest BCUT2D eigenvalue weighted by molar-refractivity contribution is 6.03. The molecule has 3 nitrogen and oxygen atoms in total. The lowest BCUT2D eigenvalue weighted by Crippen LogP contribution is -2.41. The number of carbonyl (C=O) groups is 3. The lowest BCUT2D eigenvalue weighted by atomic mass is 9.60. The Morgan fingerprint density at radius 2 is 1.26 bits per heavy atom. The normalized spacial score (nSPS) is 59.1. The maximum absolute atomic E-state index is 12.7. The molecule has 0 N–H and O–H groups in total. The van der Waals surface area contributed by atoms with Crippen LogP contribution in [0.1, 0.15) is 19.3 Å². The highest BCUT2D eigenvalue weighted by atomic mass is 16.1. The molecule has 3 heteroatoms. The van der Waals surface area contributed by atoms with E-state index in [1.807, 2.05) is 0 Å². The van der Waals surface area contributed by atoms with Crippen molar-refractivity contribution in [1.29, 1.82) is 0 Å². The summed E-state index contributed by atoms with van der Waals surface area (Å²) in [6.45, 7) is 0. The van der Waals surface area contributed by atoms with Crippen molar-refractivity contribution in [3.8, 4) is 0 Å². The van der Waals surface area contributed by atoms with Gasteiger partial charge >= 0.3 is 0 Å². The zero-order chi connectivity index (χ0) is 12.6. The van der Waals surface area contributed by atoms with Gasteiger partial charge in [-0.15, -0.1) is 0 Å². The van der Waals surface area contributed by atoms with Crippen LogP contribution >= 0.6 is 0 Å². The van der Waals surface area contributed by atoms with Gasteiger partial charge in [0.1, 0.15) is 17.3 Å². The van der Waals surface area contributed by atoms with Crippen LogP contribution in [-0.4, -0.2) is 17.3 Å². The molecule has 6 aliphatic rings. The Morgan fingerprint density at radius 1 is 0.737 bits per heavy atom. The molecule has 0 radical (unpaired) electrons. The Labute approximate surface area is 110 Å². The first-order valence-electron chi connectivity index (χ1n) is 7.49. The van der Waals surface area contributed by atoms with Crippen LogP contribution < -0.4 is 0 Å². The summed E-state index contributed by atoms with van der Waals surface area (Å²) >= 11 is 0. The molecule has 0 heterocycles. The Balaban J connectivity index is 1.63. The summed E-state index contributed by atoms with van der Waals surface area (Å²) in [5.74, 6) is 3.68. The predicted octanol–water partition coefficient (Wildman–Crippen LogP) is 1.17. The number of allylic oxidation sites excluding steroid dienone is 2. The summed E-state index contributed by atoms with van der Waals surface area (Å²) < 4.78 is 0. The summed E-state index contributed by atoms with van der Waals surface area (Å²) in [5.41, 5.74) is 2.32. The molecule has 6 rings (SSSR count). The first-order valence-corrected chi connectivity index (χ1v) is 7.49. The van der Waals surface area contributed by atoms with Crippen LogP contribution in [0.25, 0.3) is 0 Å². The lowest BCUT2D eigenvalue weighted by molar-refractivity contribution is -0.127. The minimum absolute atomic E-state index is 0.0505. The van der Waals surface area contributed by atoms with Crippen LogP contribution in [0.2, 0.25) is 0 Å². The fraction of sp³-hybridized carbons (Fsp3) is 0.688. The molecule has 0 amide bonds. The van der Waals surface area contributed by atoms with Crippen LogP contribution in [0, 0.1) is 47.3 Å². The number of hydrogen-bond donors (Lipinski definition) is 0. The van der Waals surface area contributed by atoms with E-state index in [-0.39, 0.29) is 29.5 Å². The molecule has 0 aliphatic heterocycles. The van der Waals surface area contributed by atoms with Gasteiger partial charge in [0.2, 0.25) is 0 Å². The molecule has 8 atom stereocenters. The van der Waals surface area contributed by atoms with Gasteiger partial charge in [-0.1, -0.05) is 5.57 Å². The van der Waals surface area contributed by atoms with Gasteiger partial charge in [0, 0.05) is 36.5 Å². The van der Waals surface area contributed by atoms with E-state index >= 15 is 0 Å². The summed E-state index contributed by atoms with van der Waals surface area (Å²) in [7, 11) is 0. The van der Waals surface area contributed by atoms with E-state index in [2.05, 4.69) is 0 Å². The Kier molecular flexibility index (Phi) is 1.27. The van der Waals surface area contributed by atoms with E-state index in [1.165, 1.54) is 0 Å². The van der Waals surface area contributed by atoms with E-state index in [0.717, 1.165) is 17.6 Å². The average molecular weight is 254 g/mol. The van der Waals surface area contributed by atoms with Gasteiger partial charge < -0.3 is 0 Å². The van der Waals surface area contributed by atoms with Crippen molar-refractivity contribution in [2.75, 3.05) is 0 Å². The first-order chi connectivity index (χ1) is 9.18. The van der Waals surface area contributed by atoms with Gasteiger partial charge in [0.05, 0.1) is 0 Å². The third-order valence-electron chi connectivity index (χ3n) is 7.23. The summed E-state index contributed by atoms with van der Waals surface area (Å²) in [5, 5.41) is 0. The van der Waals surface area contributed by atoms with Gasteiger partial charge in [0.25, 0.3) is 0 Å². The number of carbonyl (C=O) groups excluding carboxylic acids is 3. The molecule has 19 heavy (non-hydrogen) atoms. The van der Waals surface area contributed by atoms with E-state index in [4.69, 9.17) is 0 Å². The Hall–Kier alpha value is -1.25. The average Bonchev–Trinajstić information content (AvgIpc) is 2.92. The molecule has 0 aromatic carbocycles. The summed E-state index contributed by atoms with van der Waals surface area (Å²) in [6, 6.07) is 0. The van der Waals surface area contributed by atoms with Crippen molar-refractivity contribution in [2.45, 2.75) is 19.3 Å². The van der Waals surface area contributed by atoms with Crippen LogP contribution in [0.3, 0.4) is 0 Å². The molecular weight excluding hydrogens is 240 g/mol. The second kappa shape index (κ2) is 2.50. The van der Waals surface area contributed by atoms with Gasteiger partial charge in [-0.05, 0) is 35.7 Å². The van der Waals surface area contributed by atoms with Crippen LogP contribution in [0.4, 0.5) is 0 Å². The fourth-order valence-electron chi connectivity index (χ4n) is 6.87. The minimum atomic E-state index is 0.0505. The van der Waals surface area contributed by atoms with Gasteiger partial charge in [-0.3, -0.25) is 14.4 Å². The first kappa shape index (κ1) is 9.62. The standard InChI is InChI=1S/C16H14O3/c17-5-1-4(2-5)8-13-11-9-6(15(13)18)3-7-10(9)12(11)14(8)16(7)19/h6-7,9-14H,1-3H2/t6-,7+,9-,10-,11+,12-,13-,14-/m0/s1. The zero-order valence-electron chi connectivity index (χ0n) is 10.5. The molecule has 0 saturated heterocycles. The largest absolute Gasteiger partial charge is 0.299 e. The number of ketones is 3. The molecule has 0 bridgehead atoms. The van der Waals surface area contributed by atoms with E-state index < -0.39 is 0 Å². The molecule has 6 fully saturated rings. The van der Waals surface area contributed by atoms with Gasteiger partial charge in [-0.25, -0.2) is 0 Å². The van der Waals surface area contributed by atoms with Gasteiger partial charge in [-0.2, -0.15) is 0 Å². The minimum Gasteiger partial charge on any atom is -0.299 e. The van der Waals surface area contributed by atoms with Gasteiger partial charge in [0.15, 0.2) is 0 Å². The zero-order valence-corrected chi connectivity index (χ0v) is 10.5. The van der Waals surface area contributed by atoms with Crippen molar-refractivity contribution >= 4 is 17.3 Å². The fourth-order valence-corrected chi connectivity index (χ4v) is 6.87. The number of hydrogen-bond acceptors (Lipinski definition) is 3. The van der Waals surface area contributed by atoms with Crippen LogP contribution in [0.5, 0.6) is 0 Å². The molecule has 0 aromatic heterocycles. The molecule has 0 unspecified atom stereocenters. The van der Waals surface area contributed by atoms with E-state index in [0.29, 0.717) is 48.1 Å². The lowest BCUT2D eigenvalue weighted by Gasteiger charge is -2.43. The quantitative estimate of drug-likeness (QED) is 0.610. The molecule has 0 spiro atoms. The molecule has 96 valence electrons. The van der Waals surface area contributed by atoms with Crippen molar-refractivity contribution in [1.82, 2.24) is 0 Å². The van der Waals surface area contributed by atoms with Crippen molar-refractivity contribution < 1.29 is 14.4 Å². The third kappa shape index (κ3) is 0.728. The van der Waals surface area contributed by atoms with E-state index in [1.54, 1.807) is 0 Å². The van der Waals surface area contributed by atoms with Crippen LogP contribution in [-0.2, 0) is 14.4 Å². The molecular formula is C16H14O3. The molecule has 6 aliphatic carbocycles. The number of Topliss-reactive ketones (excluding diaryl/α,β-unsaturated/α-hetero) is 3. The topological polar surface area (TPSA) is 51.2 Å². The SMILES string of the molecule is O=C1CC(=C2[C@@H]3C(=O)[C@@H]4C[C@@H]5C(=O)[C@@H]2[C@H]2[C@@H]3[C@@H]4[C@@H]25)C1. The Bertz CT molecular complexity index is 592. The third-order valence-corrected chi connectivity index (χ3v) is 7.23. The second-order valence-electron chi connectivity index (χ2n) is 7.47. The van der Waals surface area contributed by atoms with E-state index in [9.17, 15) is 14.4 Å². The highest BCUT2D eigenvalue weighted by Crippen LogP contribution is 2.79. The second-order valence-corrected chi connectivity index (χ2v) is 7.47. The maximum Gasteiger partial charge on any atom is 0.143 e. The monoisotopic (exact) mass is 254 g/mol.